The molecule has 0 radical (unpaired) electrons. The molecule has 4 aromatic rings. The monoisotopic (exact) mass is 480 g/mol. The van der Waals surface area contributed by atoms with Gasteiger partial charge in [-0.25, -0.2) is 9.99 Å². The van der Waals surface area contributed by atoms with Gasteiger partial charge in [0.2, 0.25) is 5.88 Å². The number of alkyl halides is 1. The lowest BCUT2D eigenvalue weighted by atomic mass is 9.95. The molecule has 1 aliphatic heterocycles. The average molecular weight is 481 g/mol. The number of rotatable bonds is 5. The Morgan fingerprint density at radius 2 is 1.82 bits per heavy atom. The van der Waals surface area contributed by atoms with Gasteiger partial charge in [-0.15, -0.1) is 11.6 Å². The van der Waals surface area contributed by atoms with Crippen LogP contribution in [-0.4, -0.2) is 38.9 Å². The lowest BCUT2D eigenvalue weighted by Gasteiger charge is -2.44. The Morgan fingerprint density at radius 1 is 1.09 bits per heavy atom. The molecule has 5 rings (SSSR count). The minimum atomic E-state index is -0.867. The van der Waals surface area contributed by atoms with Crippen LogP contribution in [0.15, 0.2) is 73.1 Å². The third kappa shape index (κ3) is 3.79. The Bertz CT molecular complexity index is 1360. The Balaban J connectivity index is 1.42. The first kappa shape index (κ1) is 21.3. The number of ether oxygens (including phenoxy) is 1. The molecular formula is C24H18Cl2N4O3. The number of nitrogens with one attached hydrogen (secondary N) is 1. The molecule has 33 heavy (non-hydrogen) atoms. The van der Waals surface area contributed by atoms with E-state index < -0.39 is 23.2 Å². The van der Waals surface area contributed by atoms with Crippen LogP contribution in [0.4, 0.5) is 0 Å². The number of pyridine rings is 1. The number of carbonyl (C=O) groups is 2. The van der Waals surface area contributed by atoms with E-state index in [-0.39, 0.29) is 0 Å². The average Bonchev–Trinajstić information content (AvgIpc) is 3.38. The second kappa shape index (κ2) is 8.42. The summed E-state index contributed by atoms with van der Waals surface area (Å²) in [7, 11) is 1.49. The largest absolute Gasteiger partial charge is 0.481 e. The van der Waals surface area contributed by atoms with Crippen LogP contribution in [0.3, 0.4) is 0 Å². The van der Waals surface area contributed by atoms with Crippen molar-refractivity contribution in [2.75, 3.05) is 7.11 Å². The highest BCUT2D eigenvalue weighted by Gasteiger charge is 2.50. The number of amides is 2. The molecule has 2 aromatic carbocycles. The van der Waals surface area contributed by atoms with Crippen molar-refractivity contribution in [1.82, 2.24) is 20.0 Å². The predicted molar refractivity (Wildman–Crippen MR) is 126 cm³/mol. The molecule has 166 valence electrons. The highest BCUT2D eigenvalue weighted by molar-refractivity contribution is 6.34. The van der Waals surface area contributed by atoms with Crippen LogP contribution < -0.4 is 10.2 Å². The maximum absolute atomic E-state index is 12.9. The Hall–Kier alpha value is -3.55. The molecule has 1 N–H and O–H groups in total. The van der Waals surface area contributed by atoms with Crippen molar-refractivity contribution in [3.05, 3.63) is 89.2 Å². The fraction of sp³-hybridized carbons (Fsp3) is 0.125. The first-order valence-electron chi connectivity index (χ1n) is 10.1. The molecule has 1 saturated heterocycles. The molecule has 1 fully saturated rings. The number of halogens is 2. The van der Waals surface area contributed by atoms with Gasteiger partial charge in [0.25, 0.3) is 11.8 Å². The van der Waals surface area contributed by atoms with Gasteiger partial charge in [-0.05, 0) is 60.7 Å². The molecule has 0 saturated carbocycles. The van der Waals surface area contributed by atoms with Crippen molar-refractivity contribution >= 4 is 45.9 Å². The minimum Gasteiger partial charge on any atom is -0.481 e. The zero-order valence-electron chi connectivity index (χ0n) is 17.4. The van der Waals surface area contributed by atoms with Crippen LogP contribution in [0, 0.1) is 0 Å². The van der Waals surface area contributed by atoms with E-state index in [2.05, 4.69) is 10.4 Å². The van der Waals surface area contributed by atoms with Gasteiger partial charge in [-0.3, -0.25) is 15.0 Å². The summed E-state index contributed by atoms with van der Waals surface area (Å²) in [6, 6.07) is 17.4. The minimum absolute atomic E-state index is 0.322. The van der Waals surface area contributed by atoms with Crippen LogP contribution >= 0.6 is 23.2 Å². The number of aromatic nitrogens is 2. The van der Waals surface area contributed by atoms with Crippen LogP contribution in [0.5, 0.6) is 5.88 Å². The van der Waals surface area contributed by atoms with Crippen molar-refractivity contribution < 1.29 is 14.3 Å². The maximum Gasteiger partial charge on any atom is 0.269 e. The fourth-order valence-corrected chi connectivity index (χ4v) is 4.40. The predicted octanol–water partition coefficient (Wildman–Crippen LogP) is 4.52. The van der Waals surface area contributed by atoms with E-state index in [4.69, 9.17) is 27.9 Å². The van der Waals surface area contributed by atoms with Gasteiger partial charge >= 0.3 is 0 Å². The summed E-state index contributed by atoms with van der Waals surface area (Å²) in [5.74, 6) is -0.512. The highest BCUT2D eigenvalue weighted by atomic mass is 35.5. The number of nitrogens with zero attached hydrogens (tertiary/aromatic N) is 3. The van der Waals surface area contributed by atoms with Crippen LogP contribution in [0.25, 0.3) is 16.6 Å². The summed E-state index contributed by atoms with van der Waals surface area (Å²) in [5.41, 5.74) is 5.27. The van der Waals surface area contributed by atoms with Crippen LogP contribution in [0.2, 0.25) is 5.02 Å². The quantitative estimate of drug-likeness (QED) is 0.336. The third-order valence-corrected chi connectivity index (χ3v) is 6.22. The van der Waals surface area contributed by atoms with E-state index in [1.807, 2.05) is 47.3 Å². The van der Waals surface area contributed by atoms with Crippen LogP contribution in [0.1, 0.15) is 22.0 Å². The van der Waals surface area contributed by atoms with Gasteiger partial charge in [-0.1, -0.05) is 11.6 Å². The Morgan fingerprint density at radius 3 is 2.52 bits per heavy atom. The van der Waals surface area contributed by atoms with Gasteiger partial charge < -0.3 is 9.30 Å². The van der Waals surface area contributed by atoms with Gasteiger partial charge in [-0.2, -0.15) is 0 Å². The summed E-state index contributed by atoms with van der Waals surface area (Å²) in [4.78, 5) is 29.9. The molecule has 2 atom stereocenters. The summed E-state index contributed by atoms with van der Waals surface area (Å²) >= 11 is 12.5. The topological polar surface area (TPSA) is 76.5 Å². The molecule has 3 heterocycles. The lowest BCUT2D eigenvalue weighted by molar-refractivity contribution is -0.149. The summed E-state index contributed by atoms with van der Waals surface area (Å²) < 4.78 is 7.39. The molecule has 2 aromatic heterocycles. The van der Waals surface area contributed by atoms with Crippen molar-refractivity contribution in [2.24, 2.45) is 0 Å². The van der Waals surface area contributed by atoms with Crippen molar-refractivity contribution in [3.63, 3.8) is 0 Å². The Kier molecular flexibility index (Phi) is 5.44. The fourth-order valence-electron chi connectivity index (χ4n) is 3.86. The van der Waals surface area contributed by atoms with Crippen molar-refractivity contribution in [2.45, 2.75) is 11.4 Å². The second-order valence-corrected chi connectivity index (χ2v) is 8.46. The number of hydrogen-bond acceptors (Lipinski definition) is 4. The van der Waals surface area contributed by atoms with E-state index in [0.717, 1.165) is 11.1 Å². The van der Waals surface area contributed by atoms with Gasteiger partial charge in [0.05, 0.1) is 12.6 Å². The normalized spacial score (nSPS) is 17.7. The second-order valence-electron chi connectivity index (χ2n) is 7.56. The van der Waals surface area contributed by atoms with Gasteiger partial charge in [0, 0.05) is 39.6 Å². The zero-order chi connectivity index (χ0) is 23.1. The van der Waals surface area contributed by atoms with Crippen molar-refractivity contribution in [1.29, 1.82) is 0 Å². The van der Waals surface area contributed by atoms with E-state index in [1.54, 1.807) is 30.3 Å². The zero-order valence-corrected chi connectivity index (χ0v) is 18.9. The number of fused-ring (bicyclic) bond motifs is 1. The van der Waals surface area contributed by atoms with Gasteiger partial charge in [0.15, 0.2) is 0 Å². The van der Waals surface area contributed by atoms with E-state index in [9.17, 15) is 9.59 Å². The maximum atomic E-state index is 12.9. The molecule has 7 nitrogen and oxygen atoms in total. The molecule has 1 aliphatic rings. The summed E-state index contributed by atoms with van der Waals surface area (Å²) in [6.07, 6.45) is 3.83. The number of hydrazine groups is 1. The molecule has 2 unspecified atom stereocenters. The molecule has 0 bridgehead atoms. The molecular weight excluding hydrogens is 463 g/mol. The van der Waals surface area contributed by atoms with Gasteiger partial charge in [0.1, 0.15) is 11.4 Å². The molecule has 9 heteroatoms. The number of methoxy groups -OCH3 is 1. The van der Waals surface area contributed by atoms with E-state index in [0.29, 0.717) is 27.5 Å². The number of benzene rings is 2. The third-order valence-electron chi connectivity index (χ3n) is 5.56. The molecule has 2 amide bonds. The number of β-lactam (4-membered cyclic amide) rings is 1. The molecule has 0 spiro atoms. The molecule has 0 aliphatic carbocycles. The Labute approximate surface area is 199 Å². The van der Waals surface area contributed by atoms with E-state index >= 15 is 0 Å². The summed E-state index contributed by atoms with van der Waals surface area (Å²) in [5, 5.41) is 1.68. The smallest absolute Gasteiger partial charge is 0.269 e. The standard InChI is InChI=1S/C24H18Cl2N4O3/c1-33-23-18(13-15-12-16(25)6-9-19(15)27-23)21-20(26)24(32)30(21)28-22(31)14-4-7-17(8-5-14)29-10-2-3-11-29/h2-13,20-21H,1H3,(H,28,31). The first-order chi connectivity index (χ1) is 16.0. The first-order valence-corrected chi connectivity index (χ1v) is 10.9. The SMILES string of the molecule is COc1nc2ccc(Cl)cc2cc1C1C(Cl)C(=O)N1NC(=O)c1ccc(-n2cccc2)cc1. The lowest BCUT2D eigenvalue weighted by Crippen LogP contribution is -2.63. The number of hydrogen-bond donors (Lipinski definition) is 1. The van der Waals surface area contributed by atoms with E-state index in [1.165, 1.54) is 12.1 Å². The number of carbonyl (C=O) groups excluding carboxylic acids is 2. The van der Waals surface area contributed by atoms with Crippen molar-refractivity contribution in [3.8, 4) is 11.6 Å². The highest BCUT2D eigenvalue weighted by Crippen LogP contribution is 2.42. The summed E-state index contributed by atoms with van der Waals surface area (Å²) in [6.45, 7) is 0. The van der Waals surface area contributed by atoms with Crippen LogP contribution in [-0.2, 0) is 4.79 Å².